The number of fused-ring (bicyclic) bond motifs is 1. The zero-order valence-corrected chi connectivity index (χ0v) is 18.2. The summed E-state index contributed by atoms with van der Waals surface area (Å²) in [5, 5.41) is 0.834. The molecule has 0 aliphatic heterocycles. The standard InChI is InChI=1S/C22H17ClFN3O3S/c1-13-9-14(10-15-11-25-22(24)27-20(13)15)17-8-7-16(26-21(17)30-2)12-31(28,29)19-6-4-3-5-18(19)23/h3-11H,12H2,1-2H3. The fourth-order valence-corrected chi connectivity index (χ4v) is 5.21. The molecule has 0 atom stereocenters. The highest BCUT2D eigenvalue weighted by Gasteiger charge is 2.20. The molecule has 0 saturated heterocycles. The van der Waals surface area contributed by atoms with Crippen LogP contribution in [0.1, 0.15) is 11.3 Å². The molecule has 0 aliphatic rings. The van der Waals surface area contributed by atoms with Crippen LogP contribution in [-0.2, 0) is 15.6 Å². The highest BCUT2D eigenvalue weighted by Crippen LogP contribution is 2.33. The molecule has 2 heterocycles. The van der Waals surface area contributed by atoms with Crippen LogP contribution in [0.3, 0.4) is 0 Å². The number of hydrogen-bond donors (Lipinski definition) is 0. The summed E-state index contributed by atoms with van der Waals surface area (Å²) < 4.78 is 44.4. The fraction of sp³-hybridized carbons (Fsp3) is 0.136. The lowest BCUT2D eigenvalue weighted by molar-refractivity contribution is 0.398. The second-order valence-corrected chi connectivity index (χ2v) is 9.28. The van der Waals surface area contributed by atoms with E-state index in [2.05, 4.69) is 15.0 Å². The van der Waals surface area contributed by atoms with Crippen LogP contribution < -0.4 is 4.74 Å². The van der Waals surface area contributed by atoms with E-state index in [0.29, 0.717) is 22.2 Å². The van der Waals surface area contributed by atoms with Gasteiger partial charge in [0.05, 0.1) is 34.0 Å². The number of rotatable bonds is 5. The van der Waals surface area contributed by atoms with E-state index in [1.54, 1.807) is 24.3 Å². The first-order chi connectivity index (χ1) is 14.8. The molecule has 0 saturated carbocycles. The zero-order valence-electron chi connectivity index (χ0n) is 16.6. The van der Waals surface area contributed by atoms with Gasteiger partial charge in [0.15, 0.2) is 9.84 Å². The molecule has 0 unspecified atom stereocenters. The van der Waals surface area contributed by atoms with Gasteiger partial charge >= 0.3 is 6.08 Å². The number of hydrogen-bond acceptors (Lipinski definition) is 6. The van der Waals surface area contributed by atoms with E-state index in [1.807, 2.05) is 19.1 Å². The molecule has 2 aromatic carbocycles. The first kappa shape index (κ1) is 21.1. The van der Waals surface area contributed by atoms with Gasteiger partial charge in [-0.15, -0.1) is 0 Å². The molecule has 0 aliphatic carbocycles. The van der Waals surface area contributed by atoms with Crippen molar-refractivity contribution >= 4 is 32.3 Å². The largest absolute Gasteiger partial charge is 0.481 e. The maximum Gasteiger partial charge on any atom is 0.309 e. The fourth-order valence-electron chi connectivity index (χ4n) is 3.36. The van der Waals surface area contributed by atoms with Crippen molar-refractivity contribution in [2.45, 2.75) is 17.6 Å². The SMILES string of the molecule is COc1nc(CS(=O)(=O)c2ccccc2Cl)ccc1-c1cc(C)c2nc(F)ncc2c1. The van der Waals surface area contributed by atoms with Crippen molar-refractivity contribution < 1.29 is 17.5 Å². The van der Waals surface area contributed by atoms with Crippen LogP contribution >= 0.6 is 11.6 Å². The van der Waals surface area contributed by atoms with Gasteiger partial charge in [-0.3, -0.25) is 0 Å². The molecule has 4 rings (SSSR count). The molecule has 9 heteroatoms. The lowest BCUT2D eigenvalue weighted by Gasteiger charge is -2.12. The van der Waals surface area contributed by atoms with E-state index < -0.39 is 15.9 Å². The number of methoxy groups -OCH3 is 1. The van der Waals surface area contributed by atoms with E-state index >= 15 is 0 Å². The van der Waals surface area contributed by atoms with Crippen molar-refractivity contribution in [2.75, 3.05) is 7.11 Å². The number of aromatic nitrogens is 3. The van der Waals surface area contributed by atoms with Gasteiger partial charge in [0.1, 0.15) is 0 Å². The Labute approximate surface area is 183 Å². The molecule has 2 aromatic heterocycles. The molecule has 0 spiro atoms. The van der Waals surface area contributed by atoms with E-state index in [9.17, 15) is 12.8 Å². The minimum atomic E-state index is -3.69. The van der Waals surface area contributed by atoms with Gasteiger partial charge in [-0.1, -0.05) is 23.7 Å². The van der Waals surface area contributed by atoms with Crippen molar-refractivity contribution in [1.82, 2.24) is 15.0 Å². The van der Waals surface area contributed by atoms with Crippen molar-refractivity contribution in [2.24, 2.45) is 0 Å². The Kier molecular flexibility index (Phi) is 5.60. The van der Waals surface area contributed by atoms with Gasteiger partial charge in [0, 0.05) is 17.1 Å². The molecular weight excluding hydrogens is 441 g/mol. The smallest absolute Gasteiger partial charge is 0.309 e. The lowest BCUT2D eigenvalue weighted by Crippen LogP contribution is -2.08. The third-order valence-corrected chi connectivity index (χ3v) is 6.92. The summed E-state index contributed by atoms with van der Waals surface area (Å²) in [7, 11) is -2.23. The maximum atomic E-state index is 13.4. The zero-order chi connectivity index (χ0) is 22.2. The van der Waals surface area contributed by atoms with Gasteiger partial charge in [-0.25, -0.2) is 23.4 Å². The van der Waals surface area contributed by atoms with E-state index in [4.69, 9.17) is 16.3 Å². The Balaban J connectivity index is 1.73. The molecule has 0 N–H and O–H groups in total. The summed E-state index contributed by atoms with van der Waals surface area (Å²) in [5.41, 5.74) is 3.04. The average Bonchev–Trinajstić information content (AvgIpc) is 2.74. The lowest BCUT2D eigenvalue weighted by atomic mass is 10.0. The molecule has 4 aromatic rings. The monoisotopic (exact) mass is 457 g/mol. The number of nitrogens with zero attached hydrogens (tertiary/aromatic N) is 3. The number of halogens is 2. The van der Waals surface area contributed by atoms with Crippen molar-refractivity contribution in [1.29, 1.82) is 0 Å². The summed E-state index contributed by atoms with van der Waals surface area (Å²) >= 11 is 6.05. The normalized spacial score (nSPS) is 11.6. The quantitative estimate of drug-likeness (QED) is 0.401. The average molecular weight is 458 g/mol. The first-order valence-electron chi connectivity index (χ1n) is 9.23. The summed E-state index contributed by atoms with van der Waals surface area (Å²) in [5.74, 6) is -0.0503. The number of sulfone groups is 1. The molecule has 0 bridgehead atoms. The summed E-state index contributed by atoms with van der Waals surface area (Å²) in [6.07, 6.45) is 0.630. The molecule has 0 fully saturated rings. The minimum absolute atomic E-state index is 0.0545. The van der Waals surface area contributed by atoms with Crippen LogP contribution in [0.5, 0.6) is 5.88 Å². The van der Waals surface area contributed by atoms with Crippen molar-refractivity contribution in [3.8, 4) is 17.0 Å². The molecule has 6 nitrogen and oxygen atoms in total. The van der Waals surface area contributed by atoms with Gasteiger partial charge in [0.25, 0.3) is 0 Å². The Morgan fingerprint density at radius 3 is 2.61 bits per heavy atom. The van der Waals surface area contributed by atoms with Crippen LogP contribution in [0.4, 0.5) is 4.39 Å². The van der Waals surface area contributed by atoms with E-state index in [-0.39, 0.29) is 21.6 Å². The summed E-state index contributed by atoms with van der Waals surface area (Å²) in [4.78, 5) is 11.9. The van der Waals surface area contributed by atoms with Crippen molar-refractivity contribution in [3.05, 3.63) is 77.1 Å². The highest BCUT2D eigenvalue weighted by molar-refractivity contribution is 7.90. The van der Waals surface area contributed by atoms with Crippen LogP contribution in [0, 0.1) is 13.0 Å². The number of benzene rings is 2. The number of aryl methyl sites for hydroxylation is 1. The molecule has 158 valence electrons. The van der Waals surface area contributed by atoms with Crippen molar-refractivity contribution in [3.63, 3.8) is 0 Å². The van der Waals surface area contributed by atoms with Crippen LogP contribution in [0.15, 0.2) is 59.6 Å². The maximum absolute atomic E-state index is 13.4. The topological polar surface area (TPSA) is 82.0 Å². The third-order valence-electron chi connectivity index (χ3n) is 4.78. The molecular formula is C22H17ClFN3O3S. The predicted molar refractivity (Wildman–Crippen MR) is 116 cm³/mol. The molecule has 31 heavy (non-hydrogen) atoms. The highest BCUT2D eigenvalue weighted by atomic mass is 35.5. The van der Waals surface area contributed by atoms with Gasteiger partial charge < -0.3 is 4.74 Å². The predicted octanol–water partition coefficient (Wildman–Crippen LogP) is 4.78. The Bertz CT molecular complexity index is 1410. The summed E-state index contributed by atoms with van der Waals surface area (Å²) in [6, 6.07) is 13.3. The van der Waals surface area contributed by atoms with Gasteiger partial charge in [-0.2, -0.15) is 4.39 Å². The second kappa shape index (κ2) is 8.20. The Hall–Kier alpha value is -3.10. The number of pyridine rings is 1. The van der Waals surface area contributed by atoms with Gasteiger partial charge in [-0.05, 0) is 54.4 Å². The third kappa shape index (κ3) is 4.22. The van der Waals surface area contributed by atoms with Crippen LogP contribution in [-0.4, -0.2) is 30.5 Å². The second-order valence-electron chi connectivity index (χ2n) is 6.92. The van der Waals surface area contributed by atoms with Gasteiger partial charge in [0.2, 0.25) is 5.88 Å². The van der Waals surface area contributed by atoms with E-state index in [1.165, 1.54) is 25.4 Å². The molecule has 0 radical (unpaired) electrons. The Morgan fingerprint density at radius 2 is 1.87 bits per heavy atom. The van der Waals surface area contributed by atoms with Crippen LogP contribution in [0.25, 0.3) is 22.0 Å². The van der Waals surface area contributed by atoms with Crippen LogP contribution in [0.2, 0.25) is 5.02 Å². The number of ether oxygens (including phenoxy) is 1. The molecule has 0 amide bonds. The first-order valence-corrected chi connectivity index (χ1v) is 11.3. The Morgan fingerprint density at radius 1 is 1.10 bits per heavy atom. The minimum Gasteiger partial charge on any atom is -0.481 e. The summed E-state index contributed by atoms with van der Waals surface area (Å²) in [6.45, 7) is 1.82. The van der Waals surface area contributed by atoms with E-state index in [0.717, 1.165) is 11.1 Å².